The minimum absolute atomic E-state index is 0.0361. The van der Waals surface area contributed by atoms with Gasteiger partial charge in [0.05, 0.1) is 25.4 Å². The summed E-state index contributed by atoms with van der Waals surface area (Å²) in [7, 11) is 0. The maximum atomic E-state index is 13.3. The Hall–Kier alpha value is -1.55. The predicted molar refractivity (Wildman–Crippen MR) is 90.0 cm³/mol. The average Bonchev–Trinajstić information content (AvgIpc) is 3.36. The lowest BCUT2D eigenvalue weighted by Gasteiger charge is -2.44. The molecule has 4 heteroatoms. The first-order valence-electron chi connectivity index (χ1n) is 9.44. The van der Waals surface area contributed by atoms with Crippen molar-refractivity contribution in [1.29, 1.82) is 0 Å². The van der Waals surface area contributed by atoms with Gasteiger partial charge in [0.15, 0.2) is 0 Å². The van der Waals surface area contributed by atoms with Crippen LogP contribution in [0.5, 0.6) is 5.75 Å². The number of morpholine rings is 1. The van der Waals surface area contributed by atoms with Crippen LogP contribution < -0.4 is 4.74 Å². The Morgan fingerprint density at radius 1 is 1.17 bits per heavy atom. The molecule has 4 nitrogen and oxygen atoms in total. The van der Waals surface area contributed by atoms with Gasteiger partial charge in [0.1, 0.15) is 5.75 Å². The van der Waals surface area contributed by atoms with E-state index in [1.165, 1.54) is 18.4 Å². The van der Waals surface area contributed by atoms with E-state index in [2.05, 4.69) is 17.0 Å². The fraction of sp³-hybridized carbons (Fsp3) is 0.650. The Labute approximate surface area is 143 Å². The fourth-order valence-corrected chi connectivity index (χ4v) is 5.25. The second-order valence-corrected chi connectivity index (χ2v) is 7.80. The second kappa shape index (κ2) is 5.48. The lowest BCUT2D eigenvalue weighted by Crippen LogP contribution is -2.55. The molecular formula is C20H25NO3. The number of carbonyl (C=O) groups is 1. The fourth-order valence-electron chi connectivity index (χ4n) is 5.25. The smallest absolute Gasteiger partial charge is 0.227 e. The molecule has 24 heavy (non-hydrogen) atoms. The monoisotopic (exact) mass is 327 g/mol. The lowest BCUT2D eigenvalue weighted by molar-refractivity contribution is -0.151. The van der Waals surface area contributed by atoms with Crippen molar-refractivity contribution in [3.8, 4) is 5.75 Å². The molecule has 5 rings (SSSR count). The zero-order chi connectivity index (χ0) is 16.1. The molecular weight excluding hydrogens is 302 g/mol. The maximum Gasteiger partial charge on any atom is 0.227 e. The molecule has 1 saturated heterocycles. The third-order valence-corrected chi connectivity index (χ3v) is 6.62. The van der Waals surface area contributed by atoms with Gasteiger partial charge in [0.25, 0.3) is 0 Å². The van der Waals surface area contributed by atoms with Crippen molar-refractivity contribution < 1.29 is 14.3 Å². The van der Waals surface area contributed by atoms with Gasteiger partial charge in [-0.3, -0.25) is 4.79 Å². The summed E-state index contributed by atoms with van der Waals surface area (Å²) in [6, 6.07) is 8.60. The van der Waals surface area contributed by atoms with E-state index in [-0.39, 0.29) is 17.4 Å². The van der Waals surface area contributed by atoms with E-state index in [9.17, 15) is 4.79 Å². The summed E-state index contributed by atoms with van der Waals surface area (Å²) in [5.74, 6) is 1.49. The quantitative estimate of drug-likeness (QED) is 0.796. The van der Waals surface area contributed by atoms with Gasteiger partial charge in [-0.05, 0) is 31.7 Å². The first-order chi connectivity index (χ1) is 11.8. The SMILES string of the molecule is O=C([C@@H]1C[C@]12CCOc1ccccc12)N1CCO[C@H]2CCCC[C@@H]21. The van der Waals surface area contributed by atoms with E-state index < -0.39 is 0 Å². The molecule has 1 aromatic rings. The third-order valence-electron chi connectivity index (χ3n) is 6.62. The molecule has 4 aliphatic rings. The van der Waals surface area contributed by atoms with E-state index in [1.807, 2.05) is 12.1 Å². The number of amides is 1. The van der Waals surface area contributed by atoms with Crippen molar-refractivity contribution in [2.75, 3.05) is 19.8 Å². The molecule has 0 unspecified atom stereocenters. The number of benzene rings is 1. The van der Waals surface area contributed by atoms with Crippen LogP contribution in [0.4, 0.5) is 0 Å². The molecule has 0 aromatic heterocycles. The molecule has 3 fully saturated rings. The van der Waals surface area contributed by atoms with E-state index in [0.29, 0.717) is 18.6 Å². The molecule has 0 N–H and O–H groups in total. The largest absolute Gasteiger partial charge is 0.493 e. The van der Waals surface area contributed by atoms with Gasteiger partial charge in [-0.1, -0.05) is 31.0 Å². The van der Waals surface area contributed by atoms with Gasteiger partial charge >= 0.3 is 0 Å². The van der Waals surface area contributed by atoms with Crippen LogP contribution in [0.1, 0.15) is 44.1 Å². The molecule has 2 saturated carbocycles. The number of rotatable bonds is 1. The van der Waals surface area contributed by atoms with Crippen molar-refractivity contribution >= 4 is 5.91 Å². The molecule has 0 bridgehead atoms. The topological polar surface area (TPSA) is 38.8 Å². The van der Waals surface area contributed by atoms with Gasteiger partial charge < -0.3 is 14.4 Å². The standard InChI is InChI=1S/C20H25NO3/c22-19(21-10-12-24-18-8-4-2-6-16(18)21)15-13-20(15)9-11-23-17-7-3-1-5-14(17)20/h1,3,5,7,15-16,18H,2,4,6,8-13H2/t15-,16-,18-,20-/m0/s1. The number of fused-ring (bicyclic) bond motifs is 3. The van der Waals surface area contributed by atoms with Crippen molar-refractivity contribution in [2.45, 2.75) is 56.1 Å². The molecule has 1 amide bonds. The van der Waals surface area contributed by atoms with Gasteiger partial charge in [-0.25, -0.2) is 0 Å². The number of para-hydroxylation sites is 1. The van der Waals surface area contributed by atoms with Crippen LogP contribution in [0, 0.1) is 5.92 Å². The van der Waals surface area contributed by atoms with Crippen LogP contribution in [-0.2, 0) is 14.9 Å². The minimum Gasteiger partial charge on any atom is -0.493 e. The third kappa shape index (κ3) is 2.12. The molecule has 2 aliphatic heterocycles. The predicted octanol–water partition coefficient (Wildman–Crippen LogP) is 2.90. The van der Waals surface area contributed by atoms with Gasteiger partial charge in [0.2, 0.25) is 5.91 Å². The zero-order valence-electron chi connectivity index (χ0n) is 14.1. The van der Waals surface area contributed by atoms with Crippen molar-refractivity contribution in [3.63, 3.8) is 0 Å². The average molecular weight is 327 g/mol. The van der Waals surface area contributed by atoms with E-state index >= 15 is 0 Å². The number of nitrogens with zero attached hydrogens (tertiary/aromatic N) is 1. The summed E-state index contributed by atoms with van der Waals surface area (Å²) in [6.45, 7) is 2.20. The summed E-state index contributed by atoms with van der Waals surface area (Å²) in [6.07, 6.45) is 6.91. The summed E-state index contributed by atoms with van der Waals surface area (Å²) >= 11 is 0. The van der Waals surface area contributed by atoms with Crippen LogP contribution in [0.2, 0.25) is 0 Å². The van der Waals surface area contributed by atoms with Gasteiger partial charge in [-0.2, -0.15) is 0 Å². The lowest BCUT2D eigenvalue weighted by atomic mass is 9.86. The number of carbonyl (C=O) groups excluding carboxylic acids is 1. The molecule has 1 aromatic carbocycles. The highest BCUT2D eigenvalue weighted by Gasteiger charge is 2.62. The zero-order valence-corrected chi connectivity index (χ0v) is 14.1. The van der Waals surface area contributed by atoms with E-state index in [1.54, 1.807) is 0 Å². The van der Waals surface area contributed by atoms with Crippen LogP contribution in [0.15, 0.2) is 24.3 Å². The molecule has 2 aliphatic carbocycles. The minimum atomic E-state index is 0.0361. The summed E-state index contributed by atoms with van der Waals surface area (Å²) < 4.78 is 11.8. The van der Waals surface area contributed by atoms with Gasteiger partial charge in [-0.15, -0.1) is 0 Å². The highest BCUT2D eigenvalue weighted by atomic mass is 16.5. The van der Waals surface area contributed by atoms with Crippen LogP contribution in [0.25, 0.3) is 0 Å². The molecule has 4 atom stereocenters. The first-order valence-corrected chi connectivity index (χ1v) is 9.44. The molecule has 1 spiro atoms. The van der Waals surface area contributed by atoms with Crippen molar-refractivity contribution in [1.82, 2.24) is 4.90 Å². The van der Waals surface area contributed by atoms with Gasteiger partial charge in [0, 0.05) is 23.4 Å². The van der Waals surface area contributed by atoms with Crippen LogP contribution >= 0.6 is 0 Å². The Kier molecular flexibility index (Phi) is 3.37. The van der Waals surface area contributed by atoms with Crippen molar-refractivity contribution in [3.05, 3.63) is 29.8 Å². The highest BCUT2D eigenvalue weighted by Crippen LogP contribution is 2.61. The molecule has 128 valence electrons. The number of ether oxygens (including phenoxy) is 2. The summed E-state index contributed by atoms with van der Waals surface area (Å²) in [5.41, 5.74) is 1.29. The highest BCUT2D eigenvalue weighted by molar-refractivity contribution is 5.85. The Bertz CT molecular complexity index is 658. The Balaban J connectivity index is 1.40. The van der Waals surface area contributed by atoms with E-state index in [4.69, 9.17) is 9.47 Å². The van der Waals surface area contributed by atoms with Crippen LogP contribution in [-0.4, -0.2) is 42.7 Å². The summed E-state index contributed by atoms with van der Waals surface area (Å²) in [4.78, 5) is 15.5. The Morgan fingerprint density at radius 2 is 2.04 bits per heavy atom. The first kappa shape index (κ1) is 14.8. The van der Waals surface area contributed by atoms with E-state index in [0.717, 1.165) is 44.6 Å². The Morgan fingerprint density at radius 3 is 3.00 bits per heavy atom. The normalized spacial score (nSPS) is 37.3. The number of hydrogen-bond donors (Lipinski definition) is 0. The molecule has 2 heterocycles. The second-order valence-electron chi connectivity index (χ2n) is 7.80. The van der Waals surface area contributed by atoms with Crippen molar-refractivity contribution in [2.24, 2.45) is 5.92 Å². The summed E-state index contributed by atoms with van der Waals surface area (Å²) in [5, 5.41) is 0. The molecule has 0 radical (unpaired) electrons. The maximum absolute atomic E-state index is 13.3. The van der Waals surface area contributed by atoms with Crippen LogP contribution in [0.3, 0.4) is 0 Å². The number of hydrogen-bond acceptors (Lipinski definition) is 3.